The molecule has 2 atom stereocenters. The van der Waals surface area contributed by atoms with Gasteiger partial charge in [-0.3, -0.25) is 0 Å². The molecule has 1 aromatic carbocycles. The van der Waals surface area contributed by atoms with Crippen LogP contribution >= 0.6 is 0 Å². The van der Waals surface area contributed by atoms with E-state index in [1.807, 2.05) is 32.0 Å². The quantitative estimate of drug-likeness (QED) is 0.868. The molecule has 0 heterocycles. The fourth-order valence-corrected chi connectivity index (χ4v) is 1.77. The van der Waals surface area contributed by atoms with Crippen molar-refractivity contribution in [2.45, 2.75) is 38.8 Å². The van der Waals surface area contributed by atoms with Crippen LogP contribution in [0.1, 0.15) is 25.8 Å². The third kappa shape index (κ3) is 3.94. The third-order valence-corrected chi connectivity index (χ3v) is 2.61. The number of hydrogen-bond donors (Lipinski definition) is 1. The van der Waals surface area contributed by atoms with Gasteiger partial charge in [-0.25, -0.2) is 0 Å². The van der Waals surface area contributed by atoms with Crippen LogP contribution in [0.15, 0.2) is 18.2 Å². The van der Waals surface area contributed by atoms with Gasteiger partial charge in [-0.2, -0.15) is 5.26 Å². The molecular formula is C14H20N2O2. The van der Waals surface area contributed by atoms with Crippen molar-refractivity contribution >= 4 is 0 Å². The Morgan fingerprint density at radius 1 is 1.44 bits per heavy atom. The molecule has 0 radical (unpaired) electrons. The van der Waals surface area contributed by atoms with E-state index < -0.39 is 5.54 Å². The number of nitrogens with zero attached hydrogens (tertiary/aromatic N) is 1. The highest BCUT2D eigenvalue weighted by atomic mass is 16.5. The molecule has 2 N–H and O–H groups in total. The molecule has 0 aliphatic rings. The van der Waals surface area contributed by atoms with Gasteiger partial charge in [0.05, 0.1) is 19.3 Å². The molecular weight excluding hydrogens is 228 g/mol. The van der Waals surface area contributed by atoms with Crippen LogP contribution in [-0.4, -0.2) is 18.8 Å². The number of ether oxygens (including phenoxy) is 2. The molecule has 1 aromatic rings. The Bertz CT molecular complexity index is 450. The van der Waals surface area contributed by atoms with Crippen LogP contribution in [0.5, 0.6) is 11.5 Å². The van der Waals surface area contributed by atoms with Gasteiger partial charge in [0.15, 0.2) is 11.5 Å². The van der Waals surface area contributed by atoms with Gasteiger partial charge >= 0.3 is 0 Å². The highest BCUT2D eigenvalue weighted by Gasteiger charge is 2.22. The number of methoxy groups -OCH3 is 1. The van der Waals surface area contributed by atoms with E-state index in [0.717, 1.165) is 5.56 Å². The summed E-state index contributed by atoms with van der Waals surface area (Å²) in [6, 6.07) is 7.79. The lowest BCUT2D eigenvalue weighted by molar-refractivity contribution is 0.184. The van der Waals surface area contributed by atoms with E-state index in [1.54, 1.807) is 14.0 Å². The summed E-state index contributed by atoms with van der Waals surface area (Å²) in [4.78, 5) is 0. The molecule has 0 aliphatic carbocycles. The minimum Gasteiger partial charge on any atom is -0.493 e. The Morgan fingerprint density at radius 3 is 2.67 bits per heavy atom. The Labute approximate surface area is 108 Å². The Hall–Kier alpha value is -1.73. The minimum atomic E-state index is -0.878. The molecule has 4 nitrogen and oxygen atoms in total. The fourth-order valence-electron chi connectivity index (χ4n) is 1.77. The van der Waals surface area contributed by atoms with Crippen molar-refractivity contribution < 1.29 is 9.47 Å². The Morgan fingerprint density at radius 2 is 2.11 bits per heavy atom. The lowest BCUT2D eigenvalue weighted by Crippen LogP contribution is -2.38. The molecule has 4 heteroatoms. The van der Waals surface area contributed by atoms with Crippen molar-refractivity contribution in [2.24, 2.45) is 5.73 Å². The van der Waals surface area contributed by atoms with E-state index in [0.29, 0.717) is 17.9 Å². The summed E-state index contributed by atoms with van der Waals surface area (Å²) < 4.78 is 11.0. The first-order valence-electron chi connectivity index (χ1n) is 5.89. The maximum absolute atomic E-state index is 8.89. The highest BCUT2D eigenvalue weighted by molar-refractivity contribution is 5.42. The van der Waals surface area contributed by atoms with Gasteiger partial charge in [0.1, 0.15) is 5.54 Å². The SMILES string of the molecule is COc1cc(C)ccc1OC(C)CC(C)(N)C#N. The lowest BCUT2D eigenvalue weighted by atomic mass is 9.98. The average molecular weight is 248 g/mol. The van der Waals surface area contributed by atoms with Crippen LogP contribution in [-0.2, 0) is 0 Å². The number of rotatable bonds is 5. The fraction of sp³-hybridized carbons (Fsp3) is 0.500. The van der Waals surface area contributed by atoms with Crippen LogP contribution in [0.3, 0.4) is 0 Å². The number of benzene rings is 1. The first-order valence-corrected chi connectivity index (χ1v) is 5.89. The molecule has 0 amide bonds. The van der Waals surface area contributed by atoms with Gasteiger partial charge < -0.3 is 15.2 Å². The number of nitrogens with two attached hydrogens (primary N) is 1. The molecule has 1 rings (SSSR count). The summed E-state index contributed by atoms with van der Waals surface area (Å²) in [6.07, 6.45) is 0.303. The van der Waals surface area contributed by atoms with Gasteiger partial charge in [0.25, 0.3) is 0 Å². The molecule has 0 saturated heterocycles. The molecule has 0 spiro atoms. The van der Waals surface area contributed by atoms with Gasteiger partial charge in [-0.15, -0.1) is 0 Å². The topological polar surface area (TPSA) is 68.3 Å². The smallest absolute Gasteiger partial charge is 0.161 e. The molecule has 98 valence electrons. The number of nitriles is 1. The van der Waals surface area contributed by atoms with Gasteiger partial charge in [-0.1, -0.05) is 6.07 Å². The van der Waals surface area contributed by atoms with Crippen molar-refractivity contribution in [2.75, 3.05) is 7.11 Å². The van der Waals surface area contributed by atoms with Crippen LogP contribution in [0, 0.1) is 18.3 Å². The van der Waals surface area contributed by atoms with Gasteiger partial charge in [-0.05, 0) is 38.5 Å². The zero-order valence-corrected chi connectivity index (χ0v) is 11.4. The van der Waals surface area contributed by atoms with E-state index >= 15 is 0 Å². The summed E-state index contributed by atoms with van der Waals surface area (Å²) in [6.45, 7) is 5.57. The summed E-state index contributed by atoms with van der Waals surface area (Å²) in [5, 5.41) is 8.89. The van der Waals surface area contributed by atoms with Crippen LogP contribution in [0.2, 0.25) is 0 Å². The summed E-state index contributed by atoms with van der Waals surface area (Å²) >= 11 is 0. The summed E-state index contributed by atoms with van der Waals surface area (Å²) in [5.41, 5.74) is 6.02. The van der Waals surface area contributed by atoms with Crippen molar-refractivity contribution in [3.63, 3.8) is 0 Å². The zero-order valence-electron chi connectivity index (χ0n) is 11.4. The monoisotopic (exact) mass is 248 g/mol. The van der Waals surface area contributed by atoms with Crippen molar-refractivity contribution in [3.05, 3.63) is 23.8 Å². The minimum absolute atomic E-state index is 0.156. The first kappa shape index (κ1) is 14.3. The van der Waals surface area contributed by atoms with Crippen molar-refractivity contribution in [1.82, 2.24) is 0 Å². The van der Waals surface area contributed by atoms with Crippen molar-refractivity contribution in [3.8, 4) is 17.6 Å². The number of aryl methyl sites for hydroxylation is 1. The van der Waals surface area contributed by atoms with Crippen molar-refractivity contribution in [1.29, 1.82) is 5.26 Å². The molecule has 0 fully saturated rings. The average Bonchev–Trinajstić information content (AvgIpc) is 2.30. The van der Waals surface area contributed by atoms with E-state index in [9.17, 15) is 0 Å². The standard InChI is InChI=1S/C14H20N2O2/c1-10-5-6-12(13(7-10)17-4)18-11(2)8-14(3,16)9-15/h5-7,11H,8,16H2,1-4H3. The largest absolute Gasteiger partial charge is 0.493 e. The Balaban J connectivity index is 2.76. The maximum Gasteiger partial charge on any atom is 0.161 e. The molecule has 0 aliphatic heterocycles. The van der Waals surface area contributed by atoms with Crippen LogP contribution < -0.4 is 15.2 Å². The maximum atomic E-state index is 8.89. The van der Waals surface area contributed by atoms with E-state index in [-0.39, 0.29) is 6.10 Å². The third-order valence-electron chi connectivity index (χ3n) is 2.61. The van der Waals surface area contributed by atoms with E-state index in [1.165, 1.54) is 0 Å². The second kappa shape index (κ2) is 5.74. The molecule has 0 aromatic heterocycles. The molecule has 0 saturated carbocycles. The Kier molecular flexibility index (Phi) is 4.57. The molecule has 0 bridgehead atoms. The predicted molar refractivity (Wildman–Crippen MR) is 70.6 cm³/mol. The lowest BCUT2D eigenvalue weighted by Gasteiger charge is -2.22. The van der Waals surface area contributed by atoms with Gasteiger partial charge in [0, 0.05) is 6.42 Å². The van der Waals surface area contributed by atoms with E-state index in [4.69, 9.17) is 20.5 Å². The summed E-state index contributed by atoms with van der Waals surface area (Å²) in [5.74, 6) is 1.36. The first-order chi connectivity index (χ1) is 8.38. The normalized spacial score (nSPS) is 15.3. The second-order valence-electron chi connectivity index (χ2n) is 4.82. The molecule has 2 unspecified atom stereocenters. The van der Waals surface area contributed by atoms with Crippen LogP contribution in [0.25, 0.3) is 0 Å². The van der Waals surface area contributed by atoms with E-state index in [2.05, 4.69) is 6.07 Å². The predicted octanol–water partition coefficient (Wildman–Crippen LogP) is 2.40. The van der Waals surface area contributed by atoms with Gasteiger partial charge in [0.2, 0.25) is 0 Å². The number of hydrogen-bond acceptors (Lipinski definition) is 4. The second-order valence-corrected chi connectivity index (χ2v) is 4.82. The summed E-state index contributed by atoms with van der Waals surface area (Å²) in [7, 11) is 1.61. The highest BCUT2D eigenvalue weighted by Crippen LogP contribution is 2.29. The zero-order chi connectivity index (χ0) is 13.8. The van der Waals surface area contributed by atoms with Crippen LogP contribution in [0.4, 0.5) is 0 Å². The molecule has 18 heavy (non-hydrogen) atoms.